The van der Waals surface area contributed by atoms with Crippen molar-refractivity contribution in [1.82, 2.24) is 20.0 Å². The standard InChI is InChI=1S/C20H30N4O2/c1-23-18-11-12-24(20(26)14-5-3-2-4-6-14)13-16(18)17(22-23)9-10-19(25)21-15-7-8-15/h14-15H,2-13H2,1H3,(H,21,25). The van der Waals surface area contributed by atoms with Gasteiger partial charge in [-0.25, -0.2) is 0 Å². The van der Waals surface area contributed by atoms with E-state index in [0.717, 1.165) is 44.3 Å². The molecule has 2 fully saturated rings. The Hall–Kier alpha value is -1.85. The average Bonchev–Trinajstić information content (AvgIpc) is 3.42. The summed E-state index contributed by atoms with van der Waals surface area (Å²) in [5.41, 5.74) is 3.41. The van der Waals surface area contributed by atoms with E-state index in [1.807, 2.05) is 16.6 Å². The summed E-state index contributed by atoms with van der Waals surface area (Å²) in [5, 5.41) is 7.71. The average molecular weight is 358 g/mol. The summed E-state index contributed by atoms with van der Waals surface area (Å²) in [4.78, 5) is 27.0. The van der Waals surface area contributed by atoms with Gasteiger partial charge < -0.3 is 10.2 Å². The Balaban J connectivity index is 1.41. The van der Waals surface area contributed by atoms with Gasteiger partial charge in [0.2, 0.25) is 11.8 Å². The molecule has 1 aromatic rings. The Labute approximate surface area is 155 Å². The van der Waals surface area contributed by atoms with Gasteiger partial charge in [0.1, 0.15) is 0 Å². The topological polar surface area (TPSA) is 67.2 Å². The second kappa shape index (κ2) is 7.41. The van der Waals surface area contributed by atoms with Crippen molar-refractivity contribution in [2.45, 2.75) is 76.8 Å². The number of hydrogen-bond donors (Lipinski definition) is 1. The van der Waals surface area contributed by atoms with Crippen LogP contribution in [0.25, 0.3) is 0 Å². The molecule has 1 N–H and O–H groups in total. The minimum absolute atomic E-state index is 0.123. The highest BCUT2D eigenvalue weighted by atomic mass is 16.2. The number of aromatic nitrogens is 2. The Morgan fingerprint density at radius 2 is 1.92 bits per heavy atom. The molecule has 3 aliphatic rings. The van der Waals surface area contributed by atoms with Crippen molar-refractivity contribution in [2.75, 3.05) is 6.54 Å². The molecule has 1 aliphatic heterocycles. The van der Waals surface area contributed by atoms with Gasteiger partial charge in [-0.05, 0) is 25.7 Å². The van der Waals surface area contributed by atoms with Crippen LogP contribution < -0.4 is 5.32 Å². The molecule has 0 radical (unpaired) electrons. The molecule has 26 heavy (non-hydrogen) atoms. The first-order chi connectivity index (χ1) is 12.6. The molecule has 0 bridgehead atoms. The summed E-state index contributed by atoms with van der Waals surface area (Å²) in [6.07, 6.45) is 9.96. The van der Waals surface area contributed by atoms with Gasteiger partial charge in [-0.2, -0.15) is 5.10 Å². The molecule has 142 valence electrons. The SMILES string of the molecule is Cn1nc(CCC(=O)NC2CC2)c2c1CCN(C(=O)C1CCCCC1)C2. The number of nitrogens with zero attached hydrogens (tertiary/aromatic N) is 3. The Morgan fingerprint density at radius 3 is 2.65 bits per heavy atom. The number of fused-ring (bicyclic) bond motifs is 1. The van der Waals surface area contributed by atoms with Crippen molar-refractivity contribution < 1.29 is 9.59 Å². The van der Waals surface area contributed by atoms with Crippen molar-refractivity contribution in [3.8, 4) is 0 Å². The van der Waals surface area contributed by atoms with Gasteiger partial charge in [0, 0.05) is 62.6 Å². The van der Waals surface area contributed by atoms with Crippen molar-refractivity contribution in [3.05, 3.63) is 17.0 Å². The fourth-order valence-electron chi connectivity index (χ4n) is 4.43. The van der Waals surface area contributed by atoms with Crippen LogP contribution in [-0.4, -0.2) is 39.1 Å². The molecule has 6 nitrogen and oxygen atoms in total. The van der Waals surface area contributed by atoms with Crippen LogP contribution in [0.5, 0.6) is 0 Å². The van der Waals surface area contributed by atoms with Gasteiger partial charge in [0.25, 0.3) is 0 Å². The number of aryl methyl sites for hydroxylation is 2. The van der Waals surface area contributed by atoms with Crippen molar-refractivity contribution in [2.24, 2.45) is 13.0 Å². The number of amides is 2. The molecule has 4 rings (SSSR count). The van der Waals surface area contributed by atoms with Crippen LogP contribution >= 0.6 is 0 Å². The number of hydrogen-bond acceptors (Lipinski definition) is 3. The molecule has 6 heteroatoms. The molecule has 0 saturated heterocycles. The second-order valence-electron chi connectivity index (χ2n) is 8.18. The fraction of sp³-hybridized carbons (Fsp3) is 0.750. The zero-order chi connectivity index (χ0) is 18.1. The maximum Gasteiger partial charge on any atom is 0.225 e. The van der Waals surface area contributed by atoms with Crippen LogP contribution in [0.15, 0.2) is 0 Å². The third-order valence-corrected chi connectivity index (χ3v) is 6.12. The third-order valence-electron chi connectivity index (χ3n) is 6.12. The molecule has 2 amide bonds. The van der Waals surface area contributed by atoms with Crippen LogP contribution in [0.4, 0.5) is 0 Å². The van der Waals surface area contributed by atoms with E-state index in [9.17, 15) is 9.59 Å². The van der Waals surface area contributed by atoms with E-state index in [1.54, 1.807) is 0 Å². The van der Waals surface area contributed by atoms with Gasteiger partial charge in [0.05, 0.1) is 5.69 Å². The number of carbonyl (C=O) groups is 2. The van der Waals surface area contributed by atoms with E-state index in [-0.39, 0.29) is 11.8 Å². The predicted molar refractivity (Wildman–Crippen MR) is 98.4 cm³/mol. The minimum atomic E-state index is 0.123. The maximum atomic E-state index is 12.9. The van der Waals surface area contributed by atoms with E-state index in [0.29, 0.717) is 31.3 Å². The molecule has 0 unspecified atom stereocenters. The number of carbonyl (C=O) groups excluding carboxylic acids is 2. The molecule has 2 heterocycles. The van der Waals surface area contributed by atoms with Gasteiger partial charge in [-0.3, -0.25) is 14.3 Å². The first kappa shape index (κ1) is 17.6. The summed E-state index contributed by atoms with van der Waals surface area (Å²) in [5.74, 6) is 0.671. The van der Waals surface area contributed by atoms with Crippen LogP contribution in [-0.2, 0) is 36.0 Å². The van der Waals surface area contributed by atoms with Crippen molar-refractivity contribution in [3.63, 3.8) is 0 Å². The Morgan fingerprint density at radius 1 is 1.15 bits per heavy atom. The summed E-state index contributed by atoms with van der Waals surface area (Å²) in [6.45, 7) is 1.46. The highest BCUT2D eigenvalue weighted by molar-refractivity contribution is 5.79. The molecule has 2 saturated carbocycles. The lowest BCUT2D eigenvalue weighted by molar-refractivity contribution is -0.137. The van der Waals surface area contributed by atoms with Crippen molar-refractivity contribution >= 4 is 11.8 Å². The van der Waals surface area contributed by atoms with E-state index in [2.05, 4.69) is 10.4 Å². The lowest BCUT2D eigenvalue weighted by Gasteiger charge is -2.32. The van der Waals surface area contributed by atoms with E-state index < -0.39 is 0 Å². The fourth-order valence-corrected chi connectivity index (χ4v) is 4.43. The zero-order valence-electron chi connectivity index (χ0n) is 15.8. The molecular weight excluding hydrogens is 328 g/mol. The second-order valence-corrected chi connectivity index (χ2v) is 8.18. The highest BCUT2D eigenvalue weighted by Gasteiger charge is 2.31. The van der Waals surface area contributed by atoms with Gasteiger partial charge >= 0.3 is 0 Å². The molecule has 0 aromatic carbocycles. The quantitative estimate of drug-likeness (QED) is 0.876. The summed E-state index contributed by atoms with van der Waals surface area (Å²) in [7, 11) is 1.98. The third kappa shape index (κ3) is 3.79. The van der Waals surface area contributed by atoms with Crippen molar-refractivity contribution in [1.29, 1.82) is 0 Å². The lowest BCUT2D eigenvalue weighted by Crippen LogP contribution is -2.40. The maximum absolute atomic E-state index is 12.9. The minimum Gasteiger partial charge on any atom is -0.353 e. The molecular formula is C20H30N4O2. The Bertz CT molecular complexity index is 686. The zero-order valence-corrected chi connectivity index (χ0v) is 15.8. The van der Waals surface area contributed by atoms with Gasteiger partial charge in [-0.15, -0.1) is 0 Å². The predicted octanol–water partition coefficient (Wildman–Crippen LogP) is 2.10. The smallest absolute Gasteiger partial charge is 0.225 e. The molecule has 1 aromatic heterocycles. The normalized spacial score (nSPS) is 20.7. The van der Waals surface area contributed by atoms with Crippen LogP contribution in [0, 0.1) is 5.92 Å². The summed E-state index contributed by atoms with van der Waals surface area (Å²) >= 11 is 0. The largest absolute Gasteiger partial charge is 0.353 e. The van der Waals surface area contributed by atoms with Gasteiger partial charge in [0.15, 0.2) is 0 Å². The van der Waals surface area contributed by atoms with E-state index in [1.165, 1.54) is 30.5 Å². The molecule has 0 atom stereocenters. The number of rotatable bonds is 5. The summed E-state index contributed by atoms with van der Waals surface area (Å²) in [6, 6.07) is 0.406. The van der Waals surface area contributed by atoms with Gasteiger partial charge in [-0.1, -0.05) is 19.3 Å². The first-order valence-electron chi connectivity index (χ1n) is 10.2. The lowest BCUT2D eigenvalue weighted by atomic mass is 9.87. The molecule has 2 aliphatic carbocycles. The van der Waals surface area contributed by atoms with E-state index >= 15 is 0 Å². The first-order valence-corrected chi connectivity index (χ1v) is 10.2. The van der Waals surface area contributed by atoms with E-state index in [4.69, 9.17) is 0 Å². The molecule has 0 spiro atoms. The highest BCUT2D eigenvalue weighted by Crippen LogP contribution is 2.29. The van der Waals surface area contributed by atoms with Crippen LogP contribution in [0.2, 0.25) is 0 Å². The summed E-state index contributed by atoms with van der Waals surface area (Å²) < 4.78 is 1.95. The monoisotopic (exact) mass is 358 g/mol. The van der Waals surface area contributed by atoms with Crippen LogP contribution in [0.3, 0.4) is 0 Å². The van der Waals surface area contributed by atoms with Crippen LogP contribution in [0.1, 0.15) is 68.3 Å². The number of nitrogens with one attached hydrogen (secondary N) is 1. The Kier molecular flexibility index (Phi) is 5.00.